The molecule has 0 N–H and O–H groups in total. The normalized spacial score (nSPS) is 12.1. The molecule has 0 saturated heterocycles. The summed E-state index contributed by atoms with van der Waals surface area (Å²) in [4.78, 5) is 1.84. The zero-order valence-electron chi connectivity index (χ0n) is 11.5. The van der Waals surface area contributed by atoms with Gasteiger partial charge in [0.05, 0.1) is 0 Å². The van der Waals surface area contributed by atoms with E-state index in [0.29, 0.717) is 11.1 Å². The van der Waals surface area contributed by atoms with Crippen molar-refractivity contribution in [2.75, 3.05) is 0 Å². The topological polar surface area (TPSA) is 23.8 Å². The third kappa shape index (κ3) is 4.23. The van der Waals surface area contributed by atoms with Crippen LogP contribution in [-0.4, -0.2) is 15.0 Å². The van der Waals surface area contributed by atoms with Crippen molar-refractivity contribution in [3.63, 3.8) is 0 Å². The van der Waals surface area contributed by atoms with Gasteiger partial charge >= 0.3 is 153 Å². The Kier molecular flexibility index (Phi) is 5.52. The molecule has 0 unspecified atom stereocenters. The van der Waals surface area contributed by atoms with E-state index >= 15 is 0 Å². The van der Waals surface area contributed by atoms with Gasteiger partial charge in [0, 0.05) is 0 Å². The van der Waals surface area contributed by atoms with Crippen LogP contribution < -0.4 is 4.46 Å². The summed E-state index contributed by atoms with van der Waals surface area (Å²) in [5.41, 5.74) is -1.03. The second kappa shape index (κ2) is 6.94. The van der Waals surface area contributed by atoms with Crippen LogP contribution in [0.5, 0.6) is 0 Å². The van der Waals surface area contributed by atoms with Gasteiger partial charge in [-0.05, 0) is 0 Å². The summed E-state index contributed by atoms with van der Waals surface area (Å²) < 4.78 is 77.0. The predicted octanol–water partition coefficient (Wildman–Crippen LogP) is 4.81. The van der Waals surface area contributed by atoms with Gasteiger partial charge in [-0.1, -0.05) is 0 Å². The first-order chi connectivity index (χ1) is 11.0. The molecule has 9 heteroatoms. The first-order valence-electron chi connectivity index (χ1n) is 6.18. The van der Waals surface area contributed by atoms with Gasteiger partial charge in [0.15, 0.2) is 0 Å². The standard InChI is InChI=1S/C15H6F6INSe/c16-14(17,18)8-1-3-10(12(22)5-8)11-4-2-9(15(19,20)21)6-13(11)24-7-23/h1-6H. The van der Waals surface area contributed by atoms with Crippen LogP contribution in [-0.2, 0) is 12.4 Å². The molecule has 2 aromatic carbocycles. The van der Waals surface area contributed by atoms with Crippen molar-refractivity contribution in [2.24, 2.45) is 0 Å². The summed E-state index contributed by atoms with van der Waals surface area (Å²) in [5, 5.41) is 8.85. The van der Waals surface area contributed by atoms with E-state index in [0.717, 1.165) is 24.3 Å². The molecule has 2 aromatic rings. The first-order valence-corrected chi connectivity index (χ1v) is 8.97. The number of alkyl halides is 6. The fraction of sp³-hybridized carbons (Fsp3) is 0.133. The quantitative estimate of drug-likeness (QED) is 0.317. The molecule has 24 heavy (non-hydrogen) atoms. The van der Waals surface area contributed by atoms with Crippen molar-refractivity contribution >= 4 is 42.0 Å². The van der Waals surface area contributed by atoms with Gasteiger partial charge in [-0.15, -0.1) is 0 Å². The number of hydrogen-bond acceptors (Lipinski definition) is 1. The summed E-state index contributed by atoms with van der Waals surface area (Å²) in [6, 6.07) is 5.95. The van der Waals surface area contributed by atoms with Crippen molar-refractivity contribution in [1.82, 2.24) is 0 Å². The average molecular weight is 520 g/mol. The number of nitriles is 1. The second-order valence-corrected chi connectivity index (χ2v) is 7.49. The molecule has 0 aliphatic rings. The monoisotopic (exact) mass is 521 g/mol. The third-order valence-corrected chi connectivity index (χ3v) is 5.31. The van der Waals surface area contributed by atoms with Crippen LogP contribution in [0.4, 0.5) is 26.3 Å². The Morgan fingerprint density at radius 2 is 1.33 bits per heavy atom. The van der Waals surface area contributed by atoms with Gasteiger partial charge in [-0.25, -0.2) is 0 Å². The molecule has 0 fully saturated rings. The SMILES string of the molecule is N#C[Se]c1cc(C(F)(F)F)ccc1-c1ccc(C(F)(F)F)cc1I. The molecule has 0 aliphatic carbocycles. The average Bonchev–Trinajstić information content (AvgIpc) is 2.46. The van der Waals surface area contributed by atoms with Crippen LogP contribution in [0.1, 0.15) is 11.1 Å². The van der Waals surface area contributed by atoms with E-state index in [1.807, 2.05) is 4.97 Å². The van der Waals surface area contributed by atoms with E-state index in [2.05, 4.69) is 0 Å². The molecule has 0 amide bonds. The second-order valence-electron chi connectivity index (χ2n) is 4.59. The summed E-state index contributed by atoms with van der Waals surface area (Å²) in [6.45, 7) is 0. The minimum atomic E-state index is -4.55. The Bertz CT molecular complexity index is 807. The van der Waals surface area contributed by atoms with E-state index in [9.17, 15) is 26.3 Å². The van der Waals surface area contributed by atoms with Crippen molar-refractivity contribution < 1.29 is 26.3 Å². The summed E-state index contributed by atoms with van der Waals surface area (Å²) in [6.07, 6.45) is -9.05. The maximum atomic E-state index is 12.8. The van der Waals surface area contributed by atoms with Crippen LogP contribution in [0.2, 0.25) is 0 Å². The Morgan fingerprint density at radius 1 is 0.833 bits per heavy atom. The van der Waals surface area contributed by atoms with E-state index < -0.39 is 38.4 Å². The van der Waals surface area contributed by atoms with Crippen LogP contribution in [0, 0.1) is 13.8 Å². The predicted molar refractivity (Wildman–Crippen MR) is 85.6 cm³/mol. The first kappa shape index (κ1) is 19.1. The Labute approximate surface area is 153 Å². The van der Waals surface area contributed by atoms with E-state index in [4.69, 9.17) is 5.26 Å². The van der Waals surface area contributed by atoms with Crippen molar-refractivity contribution in [2.45, 2.75) is 12.4 Å². The Balaban J connectivity index is 2.58. The maximum absolute atomic E-state index is 12.8. The molecule has 0 saturated carbocycles. The van der Waals surface area contributed by atoms with Gasteiger partial charge in [-0.2, -0.15) is 0 Å². The van der Waals surface area contributed by atoms with Crippen molar-refractivity contribution in [1.29, 1.82) is 5.26 Å². The van der Waals surface area contributed by atoms with Gasteiger partial charge in [0.2, 0.25) is 0 Å². The zero-order chi connectivity index (χ0) is 18.1. The third-order valence-electron chi connectivity index (χ3n) is 3.05. The molecule has 0 aromatic heterocycles. The summed E-state index contributed by atoms with van der Waals surface area (Å²) in [5.74, 6) is 0. The van der Waals surface area contributed by atoms with E-state index in [-0.39, 0.29) is 8.03 Å². The number of halogens is 7. The molecule has 0 heterocycles. The number of nitrogens with zero attached hydrogens (tertiary/aromatic N) is 1. The van der Waals surface area contributed by atoms with E-state index in [1.54, 1.807) is 22.6 Å². The number of hydrogen-bond donors (Lipinski definition) is 0. The van der Waals surface area contributed by atoms with Crippen LogP contribution in [0.3, 0.4) is 0 Å². The molecular weight excluding hydrogens is 514 g/mol. The van der Waals surface area contributed by atoms with Crippen LogP contribution in [0.25, 0.3) is 11.1 Å². The summed E-state index contributed by atoms with van der Waals surface area (Å²) >= 11 is 0.815. The number of rotatable bonds is 2. The molecule has 0 bridgehead atoms. The minimum absolute atomic E-state index is 0.178. The van der Waals surface area contributed by atoms with Gasteiger partial charge in [0.1, 0.15) is 0 Å². The Morgan fingerprint density at radius 3 is 1.79 bits per heavy atom. The zero-order valence-corrected chi connectivity index (χ0v) is 15.3. The van der Waals surface area contributed by atoms with Crippen LogP contribution >= 0.6 is 22.6 Å². The van der Waals surface area contributed by atoms with Gasteiger partial charge < -0.3 is 0 Å². The number of benzene rings is 2. The van der Waals surface area contributed by atoms with Crippen LogP contribution in [0.15, 0.2) is 36.4 Å². The molecule has 1 nitrogen and oxygen atoms in total. The molecule has 0 atom stereocenters. The summed E-state index contributed by atoms with van der Waals surface area (Å²) in [7, 11) is 0. The van der Waals surface area contributed by atoms with Gasteiger partial charge in [0.25, 0.3) is 0 Å². The van der Waals surface area contributed by atoms with Crippen molar-refractivity contribution in [3.05, 3.63) is 51.1 Å². The van der Waals surface area contributed by atoms with Crippen molar-refractivity contribution in [3.8, 4) is 16.1 Å². The molecule has 126 valence electrons. The molecule has 0 spiro atoms. The van der Waals surface area contributed by atoms with Gasteiger partial charge in [-0.3, -0.25) is 0 Å². The fourth-order valence-electron chi connectivity index (χ4n) is 1.96. The molecule has 0 radical (unpaired) electrons. The van der Waals surface area contributed by atoms with E-state index in [1.165, 1.54) is 12.1 Å². The molecular formula is C15H6F6INSe. The Hall–Kier alpha value is -1.24. The molecule has 2 rings (SSSR count). The molecule has 0 aliphatic heterocycles. The fourth-order valence-corrected chi connectivity index (χ4v) is 3.97.